The molecule has 1 saturated heterocycles. The van der Waals surface area contributed by atoms with Crippen LogP contribution < -0.4 is 5.69 Å². The maximum absolute atomic E-state index is 13.4. The van der Waals surface area contributed by atoms with Gasteiger partial charge < -0.3 is 4.74 Å². The number of rotatable bonds is 7. The maximum Gasteiger partial charge on any atom is 0.417 e. The van der Waals surface area contributed by atoms with Crippen molar-refractivity contribution in [2.24, 2.45) is 0 Å². The Kier molecular flexibility index (Phi) is 6.21. The average Bonchev–Trinajstić information content (AvgIpc) is 3.55. The van der Waals surface area contributed by atoms with Crippen molar-refractivity contribution < 1.29 is 26.3 Å². The zero-order valence-electron chi connectivity index (χ0n) is 17.6. The molecule has 8 nitrogen and oxygen atoms in total. The molecule has 12 heteroatoms. The van der Waals surface area contributed by atoms with Crippen molar-refractivity contribution in [3.63, 3.8) is 0 Å². The molecule has 1 aromatic heterocycles. The first-order chi connectivity index (χ1) is 15.1. The van der Waals surface area contributed by atoms with Gasteiger partial charge in [-0.2, -0.15) is 22.6 Å². The number of aromatic nitrogens is 3. The first-order valence-corrected chi connectivity index (χ1v) is 11.9. The highest BCUT2D eigenvalue weighted by Crippen LogP contribution is 2.39. The fourth-order valence-electron chi connectivity index (χ4n) is 4.15. The highest BCUT2D eigenvalue weighted by atomic mass is 32.2. The van der Waals surface area contributed by atoms with Gasteiger partial charge in [-0.15, -0.1) is 0 Å². The average molecular weight is 475 g/mol. The SMILES string of the molecule is COCCn1nc(C2CCCN(S(=O)(=O)c3ccccc3C(F)(F)F)C2)n(C2CC2)c1=O. The summed E-state index contributed by atoms with van der Waals surface area (Å²) in [6.45, 7) is 0.668. The molecule has 1 aliphatic carbocycles. The van der Waals surface area contributed by atoms with Gasteiger partial charge in [0.25, 0.3) is 0 Å². The standard InChI is InChI=1S/C20H25F3N4O4S/c1-31-12-11-26-19(28)27(15-8-9-15)18(24-26)14-5-4-10-25(13-14)32(29,30)17-7-3-2-6-16(17)20(21,22)23/h2-3,6-7,14-15H,4-5,8-13H2,1H3. The number of nitrogens with zero attached hydrogens (tertiary/aromatic N) is 4. The van der Waals surface area contributed by atoms with Crippen LogP contribution in [0.25, 0.3) is 0 Å². The lowest BCUT2D eigenvalue weighted by Crippen LogP contribution is -2.40. The number of ether oxygens (including phenoxy) is 1. The third-order valence-corrected chi connectivity index (χ3v) is 7.80. The van der Waals surface area contributed by atoms with Crippen LogP contribution in [0.1, 0.15) is 49.0 Å². The molecule has 0 spiro atoms. The lowest BCUT2D eigenvalue weighted by molar-refractivity contribution is -0.139. The number of hydrogen-bond acceptors (Lipinski definition) is 5. The van der Waals surface area contributed by atoms with Gasteiger partial charge in [-0.1, -0.05) is 12.1 Å². The third-order valence-electron chi connectivity index (χ3n) is 5.88. The van der Waals surface area contributed by atoms with E-state index in [0.717, 1.165) is 29.3 Å². The monoisotopic (exact) mass is 474 g/mol. The summed E-state index contributed by atoms with van der Waals surface area (Å²) in [5.74, 6) is 0.117. The van der Waals surface area contributed by atoms with Crippen molar-refractivity contribution in [1.29, 1.82) is 0 Å². The summed E-state index contributed by atoms with van der Waals surface area (Å²) in [7, 11) is -2.86. The summed E-state index contributed by atoms with van der Waals surface area (Å²) in [5, 5.41) is 4.46. The van der Waals surface area contributed by atoms with E-state index in [1.165, 1.54) is 23.9 Å². The first kappa shape index (κ1) is 23.0. The number of sulfonamides is 1. The molecule has 2 heterocycles. The van der Waals surface area contributed by atoms with Crippen molar-refractivity contribution in [2.75, 3.05) is 26.8 Å². The minimum atomic E-state index is -4.79. The van der Waals surface area contributed by atoms with Gasteiger partial charge in [-0.05, 0) is 37.8 Å². The van der Waals surface area contributed by atoms with Crippen molar-refractivity contribution >= 4 is 10.0 Å². The molecule has 2 fully saturated rings. The fraction of sp³-hybridized carbons (Fsp3) is 0.600. The molecule has 1 saturated carbocycles. The van der Waals surface area contributed by atoms with Crippen LogP contribution in [0.2, 0.25) is 0 Å². The van der Waals surface area contributed by atoms with Crippen LogP contribution in [-0.4, -0.2) is 53.9 Å². The van der Waals surface area contributed by atoms with Gasteiger partial charge in [0.2, 0.25) is 10.0 Å². The Morgan fingerprint density at radius 3 is 2.56 bits per heavy atom. The van der Waals surface area contributed by atoms with E-state index in [0.29, 0.717) is 25.3 Å². The maximum atomic E-state index is 13.4. The normalized spacial score (nSPS) is 20.6. The lowest BCUT2D eigenvalue weighted by atomic mass is 9.99. The number of benzene rings is 1. The zero-order chi connectivity index (χ0) is 23.1. The molecule has 32 heavy (non-hydrogen) atoms. The number of halogens is 3. The van der Waals surface area contributed by atoms with Gasteiger partial charge in [-0.3, -0.25) is 4.57 Å². The van der Waals surface area contributed by atoms with Crippen LogP contribution >= 0.6 is 0 Å². The molecule has 176 valence electrons. The van der Waals surface area contributed by atoms with Crippen molar-refractivity contribution in [3.05, 3.63) is 46.1 Å². The second kappa shape index (κ2) is 8.64. The zero-order valence-corrected chi connectivity index (χ0v) is 18.4. The van der Waals surface area contributed by atoms with E-state index < -0.39 is 26.7 Å². The number of alkyl halides is 3. The molecule has 0 amide bonds. The number of methoxy groups -OCH3 is 1. The van der Waals surface area contributed by atoms with Crippen LogP contribution in [0, 0.1) is 0 Å². The van der Waals surface area contributed by atoms with Gasteiger partial charge in [-0.25, -0.2) is 17.9 Å². The second-order valence-corrected chi connectivity index (χ2v) is 10.1. The minimum Gasteiger partial charge on any atom is -0.383 e. The topological polar surface area (TPSA) is 86.4 Å². The molecule has 4 rings (SSSR count). The predicted molar refractivity (Wildman–Crippen MR) is 109 cm³/mol. The first-order valence-electron chi connectivity index (χ1n) is 10.5. The Balaban J connectivity index is 1.66. The Morgan fingerprint density at radius 2 is 1.91 bits per heavy atom. The van der Waals surface area contributed by atoms with Crippen molar-refractivity contribution in [2.45, 2.75) is 55.3 Å². The molecule has 2 aromatic rings. The van der Waals surface area contributed by atoms with Gasteiger partial charge in [0, 0.05) is 32.2 Å². The van der Waals surface area contributed by atoms with E-state index in [-0.39, 0.29) is 37.3 Å². The molecule has 1 atom stereocenters. The van der Waals surface area contributed by atoms with Gasteiger partial charge in [0.15, 0.2) is 0 Å². The van der Waals surface area contributed by atoms with Crippen LogP contribution in [-0.2, 0) is 27.5 Å². The van der Waals surface area contributed by atoms with E-state index in [1.54, 1.807) is 4.57 Å². The Hall–Kier alpha value is -2.18. The Morgan fingerprint density at radius 1 is 1.19 bits per heavy atom. The van der Waals surface area contributed by atoms with E-state index in [9.17, 15) is 26.4 Å². The van der Waals surface area contributed by atoms with E-state index in [4.69, 9.17) is 4.74 Å². The molecule has 0 N–H and O–H groups in total. The second-order valence-electron chi connectivity index (χ2n) is 8.15. The largest absolute Gasteiger partial charge is 0.417 e. The summed E-state index contributed by atoms with van der Waals surface area (Å²) in [6, 6.07) is 4.25. The molecule has 1 aliphatic heterocycles. The van der Waals surface area contributed by atoms with E-state index in [2.05, 4.69) is 5.10 Å². The predicted octanol–water partition coefficient (Wildman–Crippen LogP) is 2.61. The van der Waals surface area contributed by atoms with Gasteiger partial charge >= 0.3 is 11.9 Å². The summed E-state index contributed by atoms with van der Waals surface area (Å²) in [6.07, 6.45) is -2.04. The van der Waals surface area contributed by atoms with Gasteiger partial charge in [0.1, 0.15) is 5.82 Å². The van der Waals surface area contributed by atoms with Crippen LogP contribution in [0.5, 0.6) is 0 Å². The highest BCUT2D eigenvalue weighted by Gasteiger charge is 2.41. The molecule has 0 radical (unpaired) electrons. The quantitative estimate of drug-likeness (QED) is 0.616. The molecule has 1 unspecified atom stereocenters. The third kappa shape index (κ3) is 4.35. The lowest BCUT2D eigenvalue weighted by Gasteiger charge is -2.32. The molecule has 2 aliphatic rings. The van der Waals surface area contributed by atoms with E-state index >= 15 is 0 Å². The molecular weight excluding hydrogens is 449 g/mol. The Labute approximate surface area is 183 Å². The van der Waals surface area contributed by atoms with Crippen LogP contribution in [0.4, 0.5) is 13.2 Å². The van der Waals surface area contributed by atoms with Crippen LogP contribution in [0.3, 0.4) is 0 Å². The summed E-state index contributed by atoms with van der Waals surface area (Å²) in [4.78, 5) is 12.1. The summed E-state index contributed by atoms with van der Waals surface area (Å²) >= 11 is 0. The fourth-order valence-corrected chi connectivity index (χ4v) is 5.89. The number of piperidine rings is 1. The smallest absolute Gasteiger partial charge is 0.383 e. The van der Waals surface area contributed by atoms with Crippen molar-refractivity contribution in [1.82, 2.24) is 18.7 Å². The Bertz CT molecular complexity index is 1140. The molecule has 0 bridgehead atoms. The summed E-state index contributed by atoms with van der Waals surface area (Å²) in [5.41, 5.74) is -1.44. The molecule has 1 aromatic carbocycles. The van der Waals surface area contributed by atoms with Crippen molar-refractivity contribution in [3.8, 4) is 0 Å². The molecular formula is C20H25F3N4O4S. The minimum absolute atomic E-state index is 0.0258. The number of hydrogen-bond donors (Lipinski definition) is 0. The van der Waals surface area contributed by atoms with Gasteiger partial charge in [0.05, 0.1) is 23.6 Å². The van der Waals surface area contributed by atoms with Crippen LogP contribution in [0.15, 0.2) is 34.0 Å². The highest BCUT2D eigenvalue weighted by molar-refractivity contribution is 7.89. The van der Waals surface area contributed by atoms with E-state index in [1.807, 2.05) is 0 Å². The summed E-state index contributed by atoms with van der Waals surface area (Å²) < 4.78 is 75.8.